The lowest BCUT2D eigenvalue weighted by Gasteiger charge is -2.15. The third-order valence-electron chi connectivity index (χ3n) is 14.3. The molecule has 4 nitrogen and oxygen atoms in total. The first-order chi connectivity index (χ1) is 32.2. The molecule has 15 aromatic rings. The normalized spacial score (nSPS) is 12.4. The predicted octanol–water partition coefficient (Wildman–Crippen LogP) is 15.5. The van der Waals surface area contributed by atoms with Gasteiger partial charge in [0.15, 0.2) is 0 Å². The Balaban J connectivity index is 0.959. The maximum atomic E-state index is 14.0. The summed E-state index contributed by atoms with van der Waals surface area (Å²) in [5.74, 6) is 0. The molecule has 4 aromatic heterocycles. The molecule has 0 bridgehead atoms. The molecule has 0 amide bonds. The average Bonchev–Trinajstić information content (AvgIpc) is 4.02. The van der Waals surface area contributed by atoms with E-state index in [1.54, 1.807) is 0 Å². The van der Waals surface area contributed by atoms with Gasteiger partial charge in [-0.05, 0) is 116 Å². The Kier molecular flexibility index (Phi) is 6.79. The summed E-state index contributed by atoms with van der Waals surface area (Å²) in [4.78, 5) is 14.0. The zero-order valence-corrected chi connectivity index (χ0v) is 35.0. The number of rotatable bonds is 3. The molecule has 0 unspecified atom stereocenters. The third-order valence-corrected chi connectivity index (χ3v) is 14.3. The van der Waals surface area contributed by atoms with Gasteiger partial charge in [-0.3, -0.25) is 9.20 Å². The summed E-state index contributed by atoms with van der Waals surface area (Å²) in [6.45, 7) is 0. The van der Waals surface area contributed by atoms with Crippen LogP contribution in [0.4, 0.5) is 0 Å². The molecule has 11 aromatic carbocycles. The molecule has 300 valence electrons. The van der Waals surface area contributed by atoms with Crippen molar-refractivity contribution in [1.29, 1.82) is 0 Å². The van der Waals surface area contributed by atoms with Gasteiger partial charge in [0.2, 0.25) is 0 Å². The van der Waals surface area contributed by atoms with Crippen molar-refractivity contribution in [2.24, 2.45) is 0 Å². The molecule has 0 N–H and O–H groups in total. The molecule has 0 spiro atoms. The van der Waals surface area contributed by atoms with Crippen molar-refractivity contribution in [3.8, 4) is 22.5 Å². The maximum Gasteiger partial charge on any atom is 0.263 e. The molecule has 65 heavy (non-hydrogen) atoms. The summed E-state index contributed by atoms with van der Waals surface area (Å²) < 4.78 is 6.83. The lowest BCUT2D eigenvalue weighted by molar-refractivity contribution is 1.18. The third kappa shape index (κ3) is 4.57. The second-order valence-electron chi connectivity index (χ2n) is 17.6. The van der Waals surface area contributed by atoms with Crippen LogP contribution in [0.5, 0.6) is 0 Å². The van der Waals surface area contributed by atoms with E-state index in [0.717, 1.165) is 60.5 Å². The summed E-state index contributed by atoms with van der Waals surface area (Å²) in [6.07, 6.45) is 0. The van der Waals surface area contributed by atoms with E-state index in [-0.39, 0.29) is 5.56 Å². The summed E-state index contributed by atoms with van der Waals surface area (Å²) in [7, 11) is 0. The van der Waals surface area contributed by atoms with Crippen molar-refractivity contribution in [3.63, 3.8) is 0 Å². The molecule has 0 radical (unpaired) electrons. The Hall–Kier alpha value is -8.73. The van der Waals surface area contributed by atoms with Crippen LogP contribution in [0.2, 0.25) is 0 Å². The van der Waals surface area contributed by atoms with Crippen LogP contribution in [0, 0.1) is 0 Å². The van der Waals surface area contributed by atoms with Gasteiger partial charge in [0.25, 0.3) is 5.56 Å². The Morgan fingerprint density at radius 1 is 0.262 bits per heavy atom. The highest BCUT2D eigenvalue weighted by Gasteiger charge is 2.22. The molecule has 4 heteroatoms. The first kappa shape index (κ1) is 34.8. The van der Waals surface area contributed by atoms with Gasteiger partial charge in [-0.15, -0.1) is 0 Å². The van der Waals surface area contributed by atoms with E-state index < -0.39 is 0 Å². The van der Waals surface area contributed by atoms with Crippen molar-refractivity contribution < 1.29 is 0 Å². The Morgan fingerprint density at radius 3 is 1.51 bits per heavy atom. The molecule has 0 fully saturated rings. The van der Waals surface area contributed by atoms with E-state index in [1.165, 1.54) is 75.9 Å². The van der Waals surface area contributed by atoms with Gasteiger partial charge >= 0.3 is 0 Å². The van der Waals surface area contributed by atoms with Crippen molar-refractivity contribution in [2.45, 2.75) is 0 Å². The molecule has 0 aliphatic carbocycles. The molecule has 4 heterocycles. The first-order valence-electron chi connectivity index (χ1n) is 22.3. The fourth-order valence-corrected chi connectivity index (χ4v) is 11.6. The quantitative estimate of drug-likeness (QED) is 0.163. The molecule has 0 aliphatic heterocycles. The van der Waals surface area contributed by atoms with Gasteiger partial charge in [0.1, 0.15) is 0 Å². The van der Waals surface area contributed by atoms with Crippen LogP contribution in [0.3, 0.4) is 0 Å². The lowest BCUT2D eigenvalue weighted by Crippen LogP contribution is -2.12. The molecular weight excluding hydrogens is 791 g/mol. The Bertz CT molecular complexity index is 4590. The molecular formula is C61H35N3O. The Morgan fingerprint density at radius 2 is 0.754 bits per heavy atom. The van der Waals surface area contributed by atoms with Gasteiger partial charge in [0, 0.05) is 54.5 Å². The number of fused-ring (bicyclic) bond motifs is 18. The van der Waals surface area contributed by atoms with E-state index in [4.69, 9.17) is 0 Å². The van der Waals surface area contributed by atoms with Crippen LogP contribution in [0.1, 0.15) is 0 Å². The standard InChI is InChI=1S/C61H35N3O/c65-61-49-19-7-6-17-42(49)46-21-12-22-47-53-34-37(26-31-56(53)64(61)59(46)47)36-25-28-43-44-29-27-39(35-52(44)41-16-5-4-15-40(41)51(43)33-36)63-54-23-10-8-18-45(54)48-30-32-57-58(60(48)63)50-20-9-11-24-55(50)62(57)38-13-2-1-3-14-38/h1-35H. The number of pyridine rings is 1. The molecule has 0 saturated carbocycles. The van der Waals surface area contributed by atoms with Gasteiger partial charge in [-0.25, -0.2) is 0 Å². The number of nitrogens with zero attached hydrogens (tertiary/aromatic N) is 3. The second-order valence-corrected chi connectivity index (χ2v) is 17.6. The minimum absolute atomic E-state index is 0.0290. The molecule has 15 rings (SSSR count). The average molecular weight is 826 g/mol. The fourth-order valence-electron chi connectivity index (χ4n) is 11.6. The minimum atomic E-state index is 0.0290. The zero-order chi connectivity index (χ0) is 42.5. The zero-order valence-electron chi connectivity index (χ0n) is 35.0. The summed E-state index contributed by atoms with van der Waals surface area (Å²) in [6, 6.07) is 76.8. The summed E-state index contributed by atoms with van der Waals surface area (Å²) in [5.41, 5.74) is 11.3. The van der Waals surface area contributed by atoms with Gasteiger partial charge in [-0.2, -0.15) is 0 Å². The van der Waals surface area contributed by atoms with Crippen molar-refractivity contribution in [3.05, 3.63) is 223 Å². The number of benzene rings is 11. The SMILES string of the molecule is O=c1c2ccccc2c2cccc3c4cc(-c5ccc6c7ccc(-n8c9ccccc9c9ccc%10c(c%11ccccc%11n%10-c%10ccccc%10)c98)cc7c7ccccc7c6c5)ccc4n1c23. The predicted molar refractivity (Wildman–Crippen MR) is 274 cm³/mol. The van der Waals surface area contributed by atoms with E-state index in [1.807, 2.05) is 22.6 Å². The summed E-state index contributed by atoms with van der Waals surface area (Å²) in [5, 5.41) is 17.3. The highest BCUT2D eigenvalue weighted by atomic mass is 16.1. The lowest BCUT2D eigenvalue weighted by atomic mass is 9.91. The first-order valence-corrected chi connectivity index (χ1v) is 22.3. The highest BCUT2D eigenvalue weighted by Crippen LogP contribution is 2.44. The topological polar surface area (TPSA) is 31.3 Å². The van der Waals surface area contributed by atoms with E-state index >= 15 is 0 Å². The largest absolute Gasteiger partial charge is 0.309 e. The van der Waals surface area contributed by atoms with Crippen LogP contribution in [-0.2, 0) is 0 Å². The van der Waals surface area contributed by atoms with E-state index in [2.05, 4.69) is 203 Å². The second kappa shape index (κ2) is 12.7. The van der Waals surface area contributed by atoms with Gasteiger partial charge in [0.05, 0.1) is 33.1 Å². The van der Waals surface area contributed by atoms with Crippen LogP contribution >= 0.6 is 0 Å². The van der Waals surface area contributed by atoms with Crippen LogP contribution in [0.25, 0.3) is 136 Å². The van der Waals surface area contributed by atoms with Crippen molar-refractivity contribution >= 4 is 114 Å². The minimum Gasteiger partial charge on any atom is -0.309 e. The number of hydrogen-bond donors (Lipinski definition) is 0. The van der Waals surface area contributed by atoms with Crippen LogP contribution < -0.4 is 5.56 Å². The maximum absolute atomic E-state index is 14.0. The van der Waals surface area contributed by atoms with Gasteiger partial charge in [-0.1, -0.05) is 146 Å². The fraction of sp³-hybridized carbons (Fsp3) is 0. The van der Waals surface area contributed by atoms with Crippen LogP contribution in [-0.4, -0.2) is 13.5 Å². The summed E-state index contributed by atoms with van der Waals surface area (Å²) >= 11 is 0. The monoisotopic (exact) mass is 825 g/mol. The smallest absolute Gasteiger partial charge is 0.263 e. The molecule has 0 aliphatic rings. The number of para-hydroxylation sites is 4. The van der Waals surface area contributed by atoms with E-state index in [9.17, 15) is 4.79 Å². The van der Waals surface area contributed by atoms with E-state index in [0.29, 0.717) is 0 Å². The number of hydrogen-bond acceptors (Lipinski definition) is 1. The highest BCUT2D eigenvalue weighted by molar-refractivity contribution is 6.28. The number of aromatic nitrogens is 3. The Labute approximate surface area is 371 Å². The van der Waals surface area contributed by atoms with Crippen LogP contribution in [0.15, 0.2) is 217 Å². The molecule has 0 saturated heterocycles. The van der Waals surface area contributed by atoms with Gasteiger partial charge < -0.3 is 9.13 Å². The van der Waals surface area contributed by atoms with Crippen molar-refractivity contribution in [2.75, 3.05) is 0 Å². The molecule has 0 atom stereocenters. The van der Waals surface area contributed by atoms with Crippen molar-refractivity contribution in [1.82, 2.24) is 13.5 Å².